The number of carbonyl (C=O) groups excluding carboxylic acids is 1. The number of ether oxygens (including phenoxy) is 2. The second kappa shape index (κ2) is 5.61. The van der Waals surface area contributed by atoms with Gasteiger partial charge in [0.1, 0.15) is 5.75 Å². The number of nitrogens with two attached hydrogens (primary N) is 1. The number of nitrogens with one attached hydrogen (secondary N) is 1. The van der Waals surface area contributed by atoms with Crippen molar-refractivity contribution in [3.63, 3.8) is 0 Å². The smallest absolute Gasteiger partial charge is 0.202 e. The lowest BCUT2D eigenvalue weighted by atomic mass is 10.1. The Balaban J connectivity index is 2.61. The first-order valence-corrected chi connectivity index (χ1v) is 5.96. The Morgan fingerprint density at radius 1 is 1.53 bits per heavy atom. The topological polar surface area (TPSA) is 77.3 Å². The van der Waals surface area contributed by atoms with Crippen molar-refractivity contribution in [2.24, 2.45) is 5.73 Å². The Morgan fingerprint density at radius 2 is 2.32 bits per heavy atom. The van der Waals surface area contributed by atoms with Crippen molar-refractivity contribution in [3.8, 4) is 11.6 Å². The molecule has 5 nitrogen and oxygen atoms in total. The van der Waals surface area contributed by atoms with Crippen LogP contribution < -0.4 is 15.2 Å². The van der Waals surface area contributed by atoms with E-state index in [2.05, 4.69) is 4.98 Å². The van der Waals surface area contributed by atoms with Crippen LogP contribution in [-0.4, -0.2) is 24.1 Å². The number of fused-ring (bicyclic) bond motifs is 1. The molecule has 0 aliphatic heterocycles. The van der Waals surface area contributed by atoms with Gasteiger partial charge in [-0.1, -0.05) is 12.1 Å². The summed E-state index contributed by atoms with van der Waals surface area (Å²) in [5.74, 6) is 2.81. The van der Waals surface area contributed by atoms with Gasteiger partial charge in [-0.15, -0.1) is 0 Å². The Kier molecular flexibility index (Phi) is 3.90. The van der Waals surface area contributed by atoms with Gasteiger partial charge in [0.25, 0.3) is 0 Å². The molecule has 0 saturated carbocycles. The Labute approximate surface area is 111 Å². The quantitative estimate of drug-likeness (QED) is 0.634. The van der Waals surface area contributed by atoms with Gasteiger partial charge in [0, 0.05) is 17.0 Å². The number of aromatic amines is 1. The summed E-state index contributed by atoms with van der Waals surface area (Å²) in [7, 11) is 1.60. The van der Waals surface area contributed by atoms with Gasteiger partial charge in [-0.25, -0.2) is 4.79 Å². The van der Waals surface area contributed by atoms with Crippen molar-refractivity contribution in [3.05, 3.63) is 30.0 Å². The second-order valence-corrected chi connectivity index (χ2v) is 4.35. The van der Waals surface area contributed by atoms with Crippen LogP contribution in [0.3, 0.4) is 0 Å². The van der Waals surface area contributed by atoms with E-state index in [0.717, 1.165) is 22.7 Å². The fourth-order valence-electron chi connectivity index (χ4n) is 2.10. The summed E-state index contributed by atoms with van der Waals surface area (Å²) >= 11 is 0. The van der Waals surface area contributed by atoms with Gasteiger partial charge >= 0.3 is 0 Å². The summed E-state index contributed by atoms with van der Waals surface area (Å²) in [5.41, 5.74) is 7.61. The number of H-pyrrole nitrogens is 1. The Bertz CT molecular complexity index is 625. The van der Waals surface area contributed by atoms with E-state index < -0.39 is 0 Å². The summed E-state index contributed by atoms with van der Waals surface area (Å²) in [4.78, 5) is 13.4. The molecule has 0 amide bonds. The van der Waals surface area contributed by atoms with E-state index in [1.807, 2.05) is 25.1 Å². The zero-order valence-corrected chi connectivity index (χ0v) is 10.9. The third-order valence-corrected chi connectivity index (χ3v) is 2.83. The first-order chi connectivity index (χ1) is 9.17. The average molecular weight is 260 g/mol. The fourth-order valence-corrected chi connectivity index (χ4v) is 2.10. The van der Waals surface area contributed by atoms with Crippen LogP contribution in [0.5, 0.6) is 11.6 Å². The number of benzene rings is 1. The van der Waals surface area contributed by atoms with Gasteiger partial charge in [0.2, 0.25) is 5.88 Å². The molecule has 2 aromatic rings. The monoisotopic (exact) mass is 260 g/mol. The molecular weight excluding hydrogens is 244 g/mol. The molecule has 0 bridgehead atoms. The summed E-state index contributed by atoms with van der Waals surface area (Å²) in [6.45, 7) is 1.92. The van der Waals surface area contributed by atoms with Crippen molar-refractivity contribution >= 4 is 16.8 Å². The number of rotatable bonds is 5. The first kappa shape index (κ1) is 13.2. The molecule has 0 aliphatic rings. The van der Waals surface area contributed by atoms with Crippen LogP contribution in [0.15, 0.2) is 24.5 Å². The molecule has 0 fully saturated rings. The highest BCUT2D eigenvalue weighted by molar-refractivity contribution is 5.90. The first-order valence-electron chi connectivity index (χ1n) is 5.96. The molecule has 19 heavy (non-hydrogen) atoms. The van der Waals surface area contributed by atoms with Crippen molar-refractivity contribution < 1.29 is 14.3 Å². The van der Waals surface area contributed by atoms with Crippen LogP contribution in [-0.2, 0) is 11.2 Å². The predicted molar refractivity (Wildman–Crippen MR) is 73.1 cm³/mol. The minimum Gasteiger partial charge on any atom is -0.495 e. The number of hydrogen-bond acceptors (Lipinski definition) is 4. The highest BCUT2D eigenvalue weighted by Gasteiger charge is 2.16. The Hall–Kier alpha value is -2.23. The van der Waals surface area contributed by atoms with E-state index in [4.69, 9.17) is 15.2 Å². The Morgan fingerprint density at radius 3 is 2.95 bits per heavy atom. The average Bonchev–Trinajstić information content (AvgIpc) is 2.74. The van der Waals surface area contributed by atoms with Gasteiger partial charge in [0.05, 0.1) is 12.6 Å². The standard InChI is InChI=1S/C14H16N2O3/c1-9(15)8-11-10-4-3-5-12(18-2)13(10)16-14(11)19-7-6-17/h3-5,7,9,16H,8,15H2,1-2H3. The van der Waals surface area contributed by atoms with E-state index in [9.17, 15) is 4.79 Å². The lowest BCUT2D eigenvalue weighted by Gasteiger charge is -2.06. The largest absolute Gasteiger partial charge is 0.495 e. The second-order valence-electron chi connectivity index (χ2n) is 4.35. The molecule has 1 aromatic carbocycles. The number of hydrogen-bond donors (Lipinski definition) is 2. The van der Waals surface area contributed by atoms with E-state index in [0.29, 0.717) is 18.1 Å². The van der Waals surface area contributed by atoms with E-state index in [1.54, 1.807) is 13.1 Å². The van der Waals surface area contributed by atoms with Crippen LogP contribution in [0.4, 0.5) is 0 Å². The van der Waals surface area contributed by atoms with Gasteiger partial charge in [-0.3, -0.25) is 0 Å². The zero-order valence-electron chi connectivity index (χ0n) is 10.9. The molecule has 100 valence electrons. The molecule has 2 rings (SSSR count). The lowest BCUT2D eigenvalue weighted by molar-refractivity contribution is 0.418. The van der Waals surface area contributed by atoms with Crippen molar-refractivity contribution in [2.45, 2.75) is 19.4 Å². The molecule has 1 atom stereocenters. The lowest BCUT2D eigenvalue weighted by Crippen LogP contribution is -2.17. The van der Waals surface area contributed by atoms with Crippen LogP contribution in [0.2, 0.25) is 0 Å². The molecule has 5 heteroatoms. The maximum absolute atomic E-state index is 10.3. The molecule has 1 unspecified atom stereocenters. The molecule has 0 spiro atoms. The molecule has 1 heterocycles. The number of para-hydroxylation sites is 1. The van der Waals surface area contributed by atoms with Crippen LogP contribution in [0, 0.1) is 0 Å². The summed E-state index contributed by atoms with van der Waals surface area (Å²) in [6, 6.07) is 5.70. The maximum Gasteiger partial charge on any atom is 0.202 e. The summed E-state index contributed by atoms with van der Waals surface area (Å²) < 4.78 is 10.6. The molecule has 0 radical (unpaired) electrons. The van der Waals surface area contributed by atoms with Crippen molar-refractivity contribution in [2.75, 3.05) is 7.11 Å². The highest BCUT2D eigenvalue weighted by Crippen LogP contribution is 2.34. The van der Waals surface area contributed by atoms with Gasteiger partial charge in [-0.05, 0) is 19.4 Å². The number of aromatic nitrogens is 1. The van der Waals surface area contributed by atoms with E-state index in [1.165, 1.54) is 0 Å². The minimum absolute atomic E-state index is 0.0206. The van der Waals surface area contributed by atoms with Crippen LogP contribution in [0.1, 0.15) is 12.5 Å². The molecule has 0 aliphatic carbocycles. The third-order valence-electron chi connectivity index (χ3n) is 2.83. The molecule has 0 saturated heterocycles. The predicted octanol–water partition coefficient (Wildman–Crippen LogP) is 1.79. The molecular formula is C14H16N2O3. The normalized spacial score (nSPS) is 11.9. The minimum atomic E-state index is -0.0206. The SMILES string of the molecule is COc1cccc2c(CC(C)N)c(OC=C=O)[nH]c12. The summed E-state index contributed by atoms with van der Waals surface area (Å²) in [6.07, 6.45) is 1.61. The van der Waals surface area contributed by atoms with Gasteiger partial charge in [0.15, 0.2) is 12.2 Å². The van der Waals surface area contributed by atoms with Crippen molar-refractivity contribution in [1.29, 1.82) is 0 Å². The molecule has 3 N–H and O–H groups in total. The fraction of sp³-hybridized carbons (Fsp3) is 0.286. The van der Waals surface area contributed by atoms with Gasteiger partial charge < -0.3 is 20.2 Å². The van der Waals surface area contributed by atoms with Gasteiger partial charge in [-0.2, -0.15) is 0 Å². The summed E-state index contributed by atoms with van der Waals surface area (Å²) in [5, 5.41) is 0.978. The van der Waals surface area contributed by atoms with E-state index in [-0.39, 0.29) is 6.04 Å². The number of methoxy groups -OCH3 is 1. The maximum atomic E-state index is 10.3. The molecule has 1 aromatic heterocycles. The van der Waals surface area contributed by atoms with E-state index >= 15 is 0 Å². The van der Waals surface area contributed by atoms with Crippen LogP contribution in [0.25, 0.3) is 10.9 Å². The van der Waals surface area contributed by atoms with Crippen LogP contribution >= 0.6 is 0 Å². The highest BCUT2D eigenvalue weighted by atomic mass is 16.5. The third kappa shape index (κ3) is 2.62. The van der Waals surface area contributed by atoms with Crippen molar-refractivity contribution in [1.82, 2.24) is 4.98 Å². The zero-order chi connectivity index (χ0) is 13.8.